The van der Waals surface area contributed by atoms with Gasteiger partial charge in [-0.25, -0.2) is 0 Å². The first-order chi connectivity index (χ1) is 12.9. The molecule has 2 aromatic rings. The van der Waals surface area contributed by atoms with Crippen molar-refractivity contribution in [2.24, 2.45) is 7.05 Å². The summed E-state index contributed by atoms with van der Waals surface area (Å²) in [7, 11) is 1.77. The van der Waals surface area contributed by atoms with Crippen molar-refractivity contribution in [3.05, 3.63) is 40.2 Å². The van der Waals surface area contributed by atoms with Crippen LogP contribution < -0.4 is 0 Å². The minimum Gasteiger partial charge on any atom is -0.336 e. The summed E-state index contributed by atoms with van der Waals surface area (Å²) in [5.74, 6) is -0.170. The maximum atomic E-state index is 13.0. The zero-order valence-corrected chi connectivity index (χ0v) is 16.9. The molecule has 0 aliphatic rings. The molecule has 0 bridgehead atoms. The number of hydrogen-bond acceptors (Lipinski definition) is 6. The molecule has 0 aliphatic carbocycles. The second-order valence-electron chi connectivity index (χ2n) is 6.38. The van der Waals surface area contributed by atoms with Gasteiger partial charge in [0, 0.05) is 31.3 Å². The van der Waals surface area contributed by atoms with Gasteiger partial charge in [-0.2, -0.15) is 0 Å². The largest absolute Gasteiger partial charge is 0.336 e. The Kier molecular flexibility index (Phi) is 7.35. The van der Waals surface area contributed by atoms with Crippen molar-refractivity contribution in [3.63, 3.8) is 0 Å². The number of carbonyl (C=O) groups excluding carboxylic acids is 1. The van der Waals surface area contributed by atoms with E-state index in [1.165, 1.54) is 12.4 Å². The van der Waals surface area contributed by atoms with Crippen LogP contribution in [0.3, 0.4) is 0 Å². The molecular formula is C18H25N5O3S. The normalized spacial score (nSPS) is 12.0. The number of amides is 1. The first kappa shape index (κ1) is 20.9. The Morgan fingerprint density at radius 3 is 2.70 bits per heavy atom. The molecule has 1 amide bonds. The van der Waals surface area contributed by atoms with E-state index in [9.17, 15) is 14.9 Å². The molecule has 0 radical (unpaired) electrons. The Morgan fingerprint density at radius 1 is 1.41 bits per heavy atom. The summed E-state index contributed by atoms with van der Waals surface area (Å²) in [5.41, 5.74) is 0.230. The molecule has 1 aromatic carbocycles. The van der Waals surface area contributed by atoms with Crippen molar-refractivity contribution in [2.45, 2.75) is 56.1 Å². The third kappa shape index (κ3) is 5.06. The van der Waals surface area contributed by atoms with E-state index < -0.39 is 4.92 Å². The van der Waals surface area contributed by atoms with Crippen LogP contribution in [-0.2, 0) is 7.05 Å². The van der Waals surface area contributed by atoms with Gasteiger partial charge < -0.3 is 9.47 Å². The lowest BCUT2D eigenvalue weighted by Crippen LogP contribution is -2.39. The van der Waals surface area contributed by atoms with Crippen molar-refractivity contribution in [1.82, 2.24) is 19.7 Å². The lowest BCUT2D eigenvalue weighted by molar-refractivity contribution is -0.387. The van der Waals surface area contributed by atoms with E-state index in [2.05, 4.69) is 17.1 Å². The van der Waals surface area contributed by atoms with Crippen LogP contribution in [0.15, 0.2) is 34.6 Å². The molecule has 0 spiro atoms. The standard InChI is InChI=1S/C18H25N5O3S/c1-5-7-10-22(13(3)6-2)17(24)14-8-9-16(15(11-14)23(25)26)27-18-20-19-12-21(18)4/h8-9,11-13H,5-7,10H2,1-4H3. The van der Waals surface area contributed by atoms with Gasteiger partial charge in [0.15, 0.2) is 5.16 Å². The number of nitrogens with zero attached hydrogens (tertiary/aromatic N) is 5. The first-order valence-corrected chi connectivity index (χ1v) is 9.81. The summed E-state index contributed by atoms with van der Waals surface area (Å²) in [5, 5.41) is 19.8. The number of carbonyl (C=O) groups is 1. The zero-order valence-electron chi connectivity index (χ0n) is 16.1. The quantitative estimate of drug-likeness (QED) is 0.475. The summed E-state index contributed by atoms with van der Waals surface area (Å²) in [4.78, 5) is 26.3. The maximum Gasteiger partial charge on any atom is 0.284 e. The highest BCUT2D eigenvalue weighted by molar-refractivity contribution is 7.99. The summed E-state index contributed by atoms with van der Waals surface area (Å²) >= 11 is 1.15. The number of unbranched alkanes of at least 4 members (excludes halogenated alkanes) is 1. The highest BCUT2D eigenvalue weighted by atomic mass is 32.2. The van der Waals surface area contributed by atoms with Gasteiger partial charge in [0.2, 0.25) is 0 Å². The molecule has 0 saturated carbocycles. The van der Waals surface area contributed by atoms with E-state index in [-0.39, 0.29) is 17.6 Å². The SMILES string of the molecule is CCCCN(C(=O)c1ccc(Sc2nncn2C)c([N+](=O)[O-])c1)C(C)CC. The number of benzene rings is 1. The van der Waals surface area contributed by atoms with Gasteiger partial charge >= 0.3 is 0 Å². The van der Waals surface area contributed by atoms with Crippen LogP contribution in [0, 0.1) is 10.1 Å². The number of nitro groups is 1. The Balaban J connectivity index is 2.34. The van der Waals surface area contributed by atoms with Gasteiger partial charge in [-0.1, -0.05) is 20.3 Å². The molecule has 0 saturated heterocycles. The fraction of sp³-hybridized carbons (Fsp3) is 0.500. The van der Waals surface area contributed by atoms with E-state index in [1.54, 1.807) is 28.6 Å². The maximum absolute atomic E-state index is 13.0. The number of hydrogen-bond donors (Lipinski definition) is 0. The average Bonchev–Trinajstić information content (AvgIpc) is 3.06. The average molecular weight is 391 g/mol. The monoisotopic (exact) mass is 391 g/mol. The molecule has 1 atom stereocenters. The van der Waals surface area contributed by atoms with Gasteiger partial charge in [-0.15, -0.1) is 10.2 Å². The third-order valence-corrected chi connectivity index (χ3v) is 5.53. The third-order valence-electron chi connectivity index (χ3n) is 4.41. The number of rotatable bonds is 9. The van der Waals surface area contributed by atoms with Gasteiger partial charge in [0.25, 0.3) is 11.6 Å². The molecule has 8 nitrogen and oxygen atoms in total. The summed E-state index contributed by atoms with van der Waals surface area (Å²) < 4.78 is 1.68. The molecule has 0 fully saturated rings. The van der Waals surface area contributed by atoms with E-state index in [0.717, 1.165) is 31.0 Å². The minimum atomic E-state index is -0.463. The molecule has 27 heavy (non-hydrogen) atoms. The topological polar surface area (TPSA) is 94.2 Å². The predicted octanol–water partition coefficient (Wildman–Crippen LogP) is 3.92. The lowest BCUT2D eigenvalue weighted by atomic mass is 10.1. The Hall–Kier alpha value is -2.42. The minimum absolute atomic E-state index is 0.0794. The fourth-order valence-corrected chi connectivity index (χ4v) is 3.43. The predicted molar refractivity (Wildman–Crippen MR) is 104 cm³/mol. The van der Waals surface area contributed by atoms with Crippen LogP contribution in [0.2, 0.25) is 0 Å². The van der Waals surface area contributed by atoms with Gasteiger partial charge in [0.1, 0.15) is 6.33 Å². The second-order valence-corrected chi connectivity index (χ2v) is 7.38. The van der Waals surface area contributed by atoms with Crippen LogP contribution in [0.1, 0.15) is 50.4 Å². The summed E-state index contributed by atoms with van der Waals surface area (Å²) in [6.07, 6.45) is 4.24. The van der Waals surface area contributed by atoms with E-state index >= 15 is 0 Å². The molecule has 0 aliphatic heterocycles. The van der Waals surface area contributed by atoms with Gasteiger partial charge in [-0.3, -0.25) is 14.9 Å². The summed E-state index contributed by atoms with van der Waals surface area (Å²) in [6, 6.07) is 4.70. The van der Waals surface area contributed by atoms with Crippen molar-refractivity contribution < 1.29 is 9.72 Å². The van der Waals surface area contributed by atoms with Crippen LogP contribution in [0.4, 0.5) is 5.69 Å². The van der Waals surface area contributed by atoms with Crippen LogP contribution in [0.5, 0.6) is 0 Å². The second kappa shape index (κ2) is 9.50. The molecule has 146 valence electrons. The smallest absolute Gasteiger partial charge is 0.284 e. The number of aryl methyl sites for hydroxylation is 1. The number of nitro benzene ring substituents is 1. The molecule has 2 rings (SSSR count). The molecule has 9 heteroatoms. The molecular weight excluding hydrogens is 366 g/mol. The molecule has 1 aromatic heterocycles. The lowest BCUT2D eigenvalue weighted by Gasteiger charge is -2.28. The fourth-order valence-electron chi connectivity index (χ4n) is 2.58. The first-order valence-electron chi connectivity index (χ1n) is 9.00. The summed E-state index contributed by atoms with van der Waals surface area (Å²) in [6.45, 7) is 6.75. The Bertz CT molecular complexity index is 808. The van der Waals surface area contributed by atoms with E-state index in [0.29, 0.717) is 22.2 Å². The van der Waals surface area contributed by atoms with Crippen LogP contribution >= 0.6 is 11.8 Å². The van der Waals surface area contributed by atoms with Crippen molar-refractivity contribution in [2.75, 3.05) is 6.54 Å². The Labute approximate surface area is 163 Å². The molecule has 1 unspecified atom stereocenters. The van der Waals surface area contributed by atoms with E-state index in [4.69, 9.17) is 0 Å². The zero-order chi connectivity index (χ0) is 20.0. The highest BCUT2D eigenvalue weighted by Gasteiger charge is 2.24. The van der Waals surface area contributed by atoms with Gasteiger partial charge in [0.05, 0.1) is 9.82 Å². The molecule has 1 heterocycles. The van der Waals surface area contributed by atoms with Crippen molar-refractivity contribution >= 4 is 23.4 Å². The van der Waals surface area contributed by atoms with E-state index in [1.807, 2.05) is 13.8 Å². The molecule has 0 N–H and O–H groups in total. The Morgan fingerprint density at radius 2 is 2.15 bits per heavy atom. The van der Waals surface area contributed by atoms with Crippen molar-refractivity contribution in [1.29, 1.82) is 0 Å². The van der Waals surface area contributed by atoms with Crippen LogP contribution in [-0.4, -0.2) is 43.1 Å². The van der Waals surface area contributed by atoms with Crippen LogP contribution in [0.25, 0.3) is 0 Å². The van der Waals surface area contributed by atoms with Crippen molar-refractivity contribution in [3.8, 4) is 0 Å². The highest BCUT2D eigenvalue weighted by Crippen LogP contribution is 2.34. The van der Waals surface area contributed by atoms with Gasteiger partial charge in [-0.05, 0) is 43.7 Å². The number of aromatic nitrogens is 3.